The van der Waals surface area contributed by atoms with Crippen molar-refractivity contribution in [3.05, 3.63) is 50.3 Å². The fraction of sp³-hybridized carbons (Fsp3) is 0.350. The number of furan rings is 1. The highest BCUT2D eigenvalue weighted by Gasteiger charge is 2.17. The van der Waals surface area contributed by atoms with E-state index in [4.69, 9.17) is 9.15 Å². The van der Waals surface area contributed by atoms with Gasteiger partial charge < -0.3 is 13.7 Å². The highest BCUT2D eigenvalue weighted by atomic mass is 127. The number of aromatic nitrogens is 1. The summed E-state index contributed by atoms with van der Waals surface area (Å²) in [6.45, 7) is 2.95. The maximum atomic E-state index is 12.1. The van der Waals surface area contributed by atoms with Crippen LogP contribution in [-0.2, 0) is 7.05 Å². The van der Waals surface area contributed by atoms with Crippen molar-refractivity contribution in [3.63, 3.8) is 0 Å². The molecule has 0 bridgehead atoms. The summed E-state index contributed by atoms with van der Waals surface area (Å²) in [5.74, 6) is 1.59. The zero-order valence-corrected chi connectivity index (χ0v) is 16.7. The van der Waals surface area contributed by atoms with E-state index in [0.717, 1.165) is 33.7 Å². The van der Waals surface area contributed by atoms with Crippen LogP contribution in [0.4, 0.5) is 0 Å². The molecule has 0 unspecified atom stereocenters. The number of pyridine rings is 1. The smallest absolute Gasteiger partial charge is 0.212 e. The summed E-state index contributed by atoms with van der Waals surface area (Å²) in [6, 6.07) is 9.43. The van der Waals surface area contributed by atoms with Crippen molar-refractivity contribution in [1.82, 2.24) is 4.57 Å². The summed E-state index contributed by atoms with van der Waals surface area (Å²) in [7, 11) is 1.88. The molecule has 0 spiro atoms. The second-order valence-corrected chi connectivity index (χ2v) is 7.23. The normalized spacial score (nSPS) is 11.2. The van der Waals surface area contributed by atoms with Gasteiger partial charge in [-0.2, -0.15) is 0 Å². The van der Waals surface area contributed by atoms with Gasteiger partial charge in [0.05, 0.1) is 15.6 Å². The SMILES string of the molecule is CCCCCCOc1ccc(-c2oc3c(c2I)c(=O)ccn3C)cc1. The van der Waals surface area contributed by atoms with Gasteiger partial charge in [0.2, 0.25) is 5.71 Å². The summed E-state index contributed by atoms with van der Waals surface area (Å²) in [5.41, 5.74) is 1.53. The first kappa shape index (κ1) is 18.0. The molecule has 0 amide bonds. The molecule has 3 aromatic rings. The van der Waals surface area contributed by atoms with Crippen LogP contribution in [0.3, 0.4) is 0 Å². The van der Waals surface area contributed by atoms with Crippen LogP contribution in [0.15, 0.2) is 45.7 Å². The van der Waals surface area contributed by atoms with Crippen LogP contribution >= 0.6 is 22.6 Å². The van der Waals surface area contributed by atoms with Crippen LogP contribution < -0.4 is 10.2 Å². The molecule has 0 fully saturated rings. The van der Waals surface area contributed by atoms with E-state index in [1.807, 2.05) is 35.9 Å². The Bertz CT molecular complexity index is 909. The number of ether oxygens (including phenoxy) is 1. The standard InChI is InChI=1S/C20H22INO3/c1-3-4-5-6-13-24-15-9-7-14(8-10-15)19-18(21)17-16(23)11-12-22(2)20(17)25-19/h7-12H,3-6,13H2,1-2H3. The van der Waals surface area contributed by atoms with Crippen molar-refractivity contribution in [2.24, 2.45) is 7.05 Å². The zero-order chi connectivity index (χ0) is 17.8. The molecule has 4 nitrogen and oxygen atoms in total. The highest BCUT2D eigenvalue weighted by molar-refractivity contribution is 14.1. The molecule has 0 N–H and O–H groups in total. The van der Waals surface area contributed by atoms with Crippen LogP contribution in [-0.4, -0.2) is 11.2 Å². The molecular formula is C20H22INO3. The van der Waals surface area contributed by atoms with E-state index in [1.54, 1.807) is 12.3 Å². The Balaban J connectivity index is 1.80. The maximum absolute atomic E-state index is 12.1. The van der Waals surface area contributed by atoms with Crippen LogP contribution in [0, 0.1) is 3.57 Å². The Labute approximate surface area is 160 Å². The minimum absolute atomic E-state index is 0.0143. The first-order valence-electron chi connectivity index (χ1n) is 8.62. The third-order valence-electron chi connectivity index (χ3n) is 4.23. The lowest BCUT2D eigenvalue weighted by Crippen LogP contribution is -2.03. The zero-order valence-electron chi connectivity index (χ0n) is 14.5. The number of aryl methyl sites for hydroxylation is 1. The molecule has 5 heteroatoms. The molecule has 0 atom stereocenters. The Morgan fingerprint density at radius 1 is 1.12 bits per heavy atom. The molecule has 0 aliphatic rings. The van der Waals surface area contributed by atoms with E-state index >= 15 is 0 Å². The number of benzene rings is 1. The minimum atomic E-state index is -0.0143. The average Bonchev–Trinajstić information content (AvgIpc) is 2.97. The molecule has 25 heavy (non-hydrogen) atoms. The lowest BCUT2D eigenvalue weighted by molar-refractivity contribution is 0.305. The quantitative estimate of drug-likeness (QED) is 0.359. The molecule has 0 aliphatic carbocycles. The first-order valence-corrected chi connectivity index (χ1v) is 9.70. The van der Waals surface area contributed by atoms with Crippen LogP contribution in [0.25, 0.3) is 22.4 Å². The fourth-order valence-electron chi connectivity index (χ4n) is 2.80. The van der Waals surface area contributed by atoms with Crippen molar-refractivity contribution in [3.8, 4) is 17.1 Å². The summed E-state index contributed by atoms with van der Waals surface area (Å²) < 4.78 is 14.4. The van der Waals surface area contributed by atoms with Gasteiger partial charge in [-0.1, -0.05) is 26.2 Å². The number of halogens is 1. The number of unbranched alkanes of at least 4 members (excludes halogenated alkanes) is 3. The molecule has 0 radical (unpaired) electrons. The van der Waals surface area contributed by atoms with Gasteiger partial charge in [-0.3, -0.25) is 4.79 Å². The monoisotopic (exact) mass is 451 g/mol. The molecule has 0 saturated carbocycles. The predicted molar refractivity (Wildman–Crippen MR) is 109 cm³/mol. The molecular weight excluding hydrogens is 429 g/mol. The van der Waals surface area contributed by atoms with Gasteiger partial charge in [-0.05, 0) is 53.3 Å². The van der Waals surface area contributed by atoms with Gasteiger partial charge in [0.15, 0.2) is 11.2 Å². The van der Waals surface area contributed by atoms with Gasteiger partial charge >= 0.3 is 0 Å². The molecule has 132 valence electrons. The van der Waals surface area contributed by atoms with Crippen molar-refractivity contribution >= 4 is 33.7 Å². The van der Waals surface area contributed by atoms with Crippen LogP contribution in [0.1, 0.15) is 32.6 Å². The third kappa shape index (κ3) is 3.92. The first-order chi connectivity index (χ1) is 12.1. The van der Waals surface area contributed by atoms with Gasteiger partial charge in [-0.25, -0.2) is 0 Å². The van der Waals surface area contributed by atoms with Crippen LogP contribution in [0.2, 0.25) is 0 Å². The molecule has 0 saturated heterocycles. The fourth-order valence-corrected chi connectivity index (χ4v) is 3.72. The molecule has 0 aliphatic heterocycles. The highest BCUT2D eigenvalue weighted by Crippen LogP contribution is 2.33. The van der Waals surface area contributed by atoms with E-state index < -0.39 is 0 Å². The largest absolute Gasteiger partial charge is 0.494 e. The van der Waals surface area contributed by atoms with E-state index in [9.17, 15) is 4.79 Å². The maximum Gasteiger partial charge on any atom is 0.212 e. The van der Waals surface area contributed by atoms with E-state index in [2.05, 4.69) is 29.5 Å². The van der Waals surface area contributed by atoms with Crippen molar-refractivity contribution in [2.45, 2.75) is 32.6 Å². The Kier molecular flexibility index (Phi) is 5.83. The van der Waals surface area contributed by atoms with E-state index in [0.29, 0.717) is 11.1 Å². The van der Waals surface area contributed by atoms with Gasteiger partial charge in [0.25, 0.3) is 0 Å². The minimum Gasteiger partial charge on any atom is -0.494 e. The number of fused-ring (bicyclic) bond motifs is 1. The average molecular weight is 451 g/mol. The van der Waals surface area contributed by atoms with Crippen LogP contribution in [0.5, 0.6) is 5.75 Å². The van der Waals surface area contributed by atoms with Crippen molar-refractivity contribution in [2.75, 3.05) is 6.61 Å². The van der Waals surface area contributed by atoms with Crippen molar-refractivity contribution < 1.29 is 9.15 Å². The van der Waals surface area contributed by atoms with Crippen molar-refractivity contribution in [1.29, 1.82) is 0 Å². The number of rotatable bonds is 7. The lowest BCUT2D eigenvalue weighted by Gasteiger charge is -2.06. The Morgan fingerprint density at radius 2 is 1.88 bits per heavy atom. The number of hydrogen-bond donors (Lipinski definition) is 0. The van der Waals surface area contributed by atoms with E-state index in [-0.39, 0.29) is 5.43 Å². The molecule has 2 aromatic heterocycles. The Hall–Kier alpha value is -1.76. The third-order valence-corrected chi connectivity index (χ3v) is 5.26. The second-order valence-electron chi connectivity index (χ2n) is 6.15. The lowest BCUT2D eigenvalue weighted by atomic mass is 10.1. The Morgan fingerprint density at radius 3 is 2.56 bits per heavy atom. The topological polar surface area (TPSA) is 44.4 Å². The summed E-state index contributed by atoms with van der Waals surface area (Å²) in [5, 5.41) is 0.636. The van der Waals surface area contributed by atoms with E-state index in [1.165, 1.54) is 19.3 Å². The predicted octanol–water partition coefficient (Wildman–Crippen LogP) is 5.36. The van der Waals surface area contributed by atoms with Gasteiger partial charge in [-0.15, -0.1) is 0 Å². The number of nitrogens with zero attached hydrogens (tertiary/aromatic N) is 1. The molecule has 2 heterocycles. The summed E-state index contributed by atoms with van der Waals surface area (Å²) >= 11 is 2.19. The second kappa shape index (κ2) is 8.08. The molecule has 3 rings (SSSR count). The number of hydrogen-bond acceptors (Lipinski definition) is 3. The summed E-state index contributed by atoms with van der Waals surface area (Å²) in [4.78, 5) is 12.1. The van der Waals surface area contributed by atoms with Gasteiger partial charge in [0, 0.05) is 24.9 Å². The van der Waals surface area contributed by atoms with Gasteiger partial charge in [0.1, 0.15) is 5.75 Å². The molecule has 1 aromatic carbocycles. The summed E-state index contributed by atoms with van der Waals surface area (Å²) in [6.07, 6.45) is 6.50.